The van der Waals surface area contributed by atoms with E-state index in [4.69, 9.17) is 23.2 Å². The van der Waals surface area contributed by atoms with E-state index in [9.17, 15) is 0 Å². The summed E-state index contributed by atoms with van der Waals surface area (Å²) < 4.78 is 0.992. The molecule has 0 heterocycles. The summed E-state index contributed by atoms with van der Waals surface area (Å²) in [6, 6.07) is 11.7. The largest absolute Gasteiger partial charge is 0.380 e. The summed E-state index contributed by atoms with van der Waals surface area (Å²) in [5.74, 6) is 0. The smallest absolute Gasteiger partial charge is 0.0637 e. The van der Waals surface area contributed by atoms with Crippen LogP contribution in [0.2, 0.25) is 10.0 Å². The van der Waals surface area contributed by atoms with E-state index in [0.717, 1.165) is 25.8 Å². The van der Waals surface area contributed by atoms with Gasteiger partial charge in [-0.15, -0.1) is 0 Å². The zero-order valence-corrected chi connectivity index (χ0v) is 12.9. The molecule has 94 valence electrons. The molecule has 2 aromatic rings. The van der Waals surface area contributed by atoms with Gasteiger partial charge in [-0.25, -0.2) is 0 Å². The number of anilines is 1. The molecule has 0 saturated carbocycles. The first kappa shape index (κ1) is 13.7. The van der Waals surface area contributed by atoms with Crippen molar-refractivity contribution in [3.8, 4) is 0 Å². The molecule has 1 N–H and O–H groups in total. The summed E-state index contributed by atoms with van der Waals surface area (Å²) >= 11 is 15.5. The van der Waals surface area contributed by atoms with Crippen LogP contribution < -0.4 is 5.32 Å². The molecular weight excluding hydrogens is 333 g/mol. The van der Waals surface area contributed by atoms with Gasteiger partial charge < -0.3 is 5.32 Å². The fourth-order valence-corrected chi connectivity index (χ4v) is 2.64. The lowest BCUT2D eigenvalue weighted by Crippen LogP contribution is -2.01. The van der Waals surface area contributed by atoms with E-state index in [1.807, 2.05) is 43.3 Å². The summed E-state index contributed by atoms with van der Waals surface area (Å²) in [6.45, 7) is 2.74. The van der Waals surface area contributed by atoms with Gasteiger partial charge in [-0.2, -0.15) is 0 Å². The molecule has 0 aromatic heterocycles. The minimum Gasteiger partial charge on any atom is -0.380 e. The van der Waals surface area contributed by atoms with Crippen LogP contribution in [0, 0.1) is 6.92 Å². The molecule has 0 aliphatic carbocycles. The third kappa shape index (κ3) is 3.41. The quantitative estimate of drug-likeness (QED) is 0.755. The van der Waals surface area contributed by atoms with Crippen LogP contribution in [0.25, 0.3) is 0 Å². The molecule has 2 rings (SSSR count). The van der Waals surface area contributed by atoms with Crippen molar-refractivity contribution in [2.75, 3.05) is 5.32 Å². The first-order valence-electron chi connectivity index (χ1n) is 5.50. The predicted molar refractivity (Wildman–Crippen MR) is 82.7 cm³/mol. The summed E-state index contributed by atoms with van der Waals surface area (Å²) in [4.78, 5) is 0. The van der Waals surface area contributed by atoms with Gasteiger partial charge in [-0.3, -0.25) is 0 Å². The second kappa shape index (κ2) is 5.96. The van der Waals surface area contributed by atoms with Gasteiger partial charge in [0.2, 0.25) is 0 Å². The second-order valence-electron chi connectivity index (χ2n) is 4.07. The van der Waals surface area contributed by atoms with E-state index in [1.165, 1.54) is 5.56 Å². The topological polar surface area (TPSA) is 12.0 Å². The van der Waals surface area contributed by atoms with Crippen molar-refractivity contribution >= 4 is 44.8 Å². The van der Waals surface area contributed by atoms with Crippen LogP contribution in [0.1, 0.15) is 11.1 Å². The number of hydrogen-bond acceptors (Lipinski definition) is 1. The maximum Gasteiger partial charge on any atom is 0.0637 e. The first-order chi connectivity index (χ1) is 8.56. The number of nitrogens with one attached hydrogen (secondary N) is 1. The van der Waals surface area contributed by atoms with Crippen molar-refractivity contribution in [2.24, 2.45) is 0 Å². The van der Waals surface area contributed by atoms with Crippen LogP contribution in [-0.4, -0.2) is 0 Å². The molecule has 18 heavy (non-hydrogen) atoms. The molecule has 0 atom stereocenters. The maximum atomic E-state index is 6.13. The highest BCUT2D eigenvalue weighted by atomic mass is 79.9. The monoisotopic (exact) mass is 343 g/mol. The Kier molecular flexibility index (Phi) is 4.55. The average molecular weight is 345 g/mol. The Morgan fingerprint density at radius 1 is 1.11 bits per heavy atom. The Hall–Kier alpha value is -0.700. The normalized spacial score (nSPS) is 10.4. The van der Waals surface area contributed by atoms with E-state index in [-0.39, 0.29) is 0 Å². The molecule has 0 bridgehead atoms. The maximum absolute atomic E-state index is 6.13. The second-order valence-corrected chi connectivity index (χ2v) is 5.77. The lowest BCUT2D eigenvalue weighted by atomic mass is 10.2. The third-order valence-electron chi connectivity index (χ3n) is 2.61. The molecular formula is C14H12BrCl2N. The van der Waals surface area contributed by atoms with E-state index in [2.05, 4.69) is 21.2 Å². The molecule has 4 heteroatoms. The number of benzene rings is 2. The summed E-state index contributed by atoms with van der Waals surface area (Å²) in [5, 5.41) is 4.77. The van der Waals surface area contributed by atoms with Crippen LogP contribution in [-0.2, 0) is 6.54 Å². The van der Waals surface area contributed by atoms with E-state index in [1.54, 1.807) is 0 Å². The Morgan fingerprint density at radius 3 is 2.61 bits per heavy atom. The Balaban J connectivity index is 2.13. The van der Waals surface area contributed by atoms with Gasteiger partial charge >= 0.3 is 0 Å². The number of halogens is 3. The summed E-state index contributed by atoms with van der Waals surface area (Å²) in [5.41, 5.74) is 3.26. The van der Waals surface area contributed by atoms with Gasteiger partial charge in [-0.05, 0) is 42.3 Å². The molecule has 0 saturated heterocycles. The molecule has 2 aromatic carbocycles. The van der Waals surface area contributed by atoms with Crippen molar-refractivity contribution < 1.29 is 0 Å². The van der Waals surface area contributed by atoms with Crippen molar-refractivity contribution in [1.29, 1.82) is 0 Å². The van der Waals surface area contributed by atoms with E-state index < -0.39 is 0 Å². The summed E-state index contributed by atoms with van der Waals surface area (Å²) in [6.07, 6.45) is 0. The summed E-state index contributed by atoms with van der Waals surface area (Å²) in [7, 11) is 0. The first-order valence-corrected chi connectivity index (χ1v) is 7.05. The minimum absolute atomic E-state index is 0.695. The van der Waals surface area contributed by atoms with Crippen LogP contribution in [0.3, 0.4) is 0 Å². The molecule has 0 radical (unpaired) electrons. The van der Waals surface area contributed by atoms with Gasteiger partial charge in [0, 0.05) is 16.0 Å². The van der Waals surface area contributed by atoms with Gasteiger partial charge in [-0.1, -0.05) is 51.3 Å². The van der Waals surface area contributed by atoms with Gasteiger partial charge in [0.1, 0.15) is 0 Å². The SMILES string of the molecule is Cc1ccc(Cl)c(NCc2ccc(Cl)cc2Br)c1. The van der Waals surface area contributed by atoms with Crippen molar-refractivity contribution in [2.45, 2.75) is 13.5 Å². The zero-order chi connectivity index (χ0) is 13.1. The molecule has 1 nitrogen and oxygen atoms in total. The van der Waals surface area contributed by atoms with Crippen molar-refractivity contribution in [3.63, 3.8) is 0 Å². The fraction of sp³-hybridized carbons (Fsp3) is 0.143. The lowest BCUT2D eigenvalue weighted by molar-refractivity contribution is 1.13. The van der Waals surface area contributed by atoms with Gasteiger partial charge in [0.25, 0.3) is 0 Å². The highest BCUT2D eigenvalue weighted by Gasteiger charge is 2.03. The molecule has 0 fully saturated rings. The minimum atomic E-state index is 0.695. The Labute approximate surface area is 125 Å². The lowest BCUT2D eigenvalue weighted by Gasteiger charge is -2.10. The van der Waals surface area contributed by atoms with Crippen LogP contribution in [0.15, 0.2) is 40.9 Å². The predicted octanol–water partition coefficient (Wildman–Crippen LogP) is 5.68. The third-order valence-corrected chi connectivity index (χ3v) is 3.91. The molecule has 0 unspecified atom stereocenters. The van der Waals surface area contributed by atoms with Crippen LogP contribution in [0.4, 0.5) is 5.69 Å². The molecule has 0 spiro atoms. The van der Waals surface area contributed by atoms with Crippen LogP contribution >= 0.6 is 39.1 Å². The fourth-order valence-electron chi connectivity index (χ4n) is 1.63. The molecule has 0 amide bonds. The zero-order valence-electron chi connectivity index (χ0n) is 9.81. The van der Waals surface area contributed by atoms with E-state index in [0.29, 0.717) is 6.54 Å². The number of hydrogen-bond donors (Lipinski definition) is 1. The van der Waals surface area contributed by atoms with Crippen LogP contribution in [0.5, 0.6) is 0 Å². The Morgan fingerprint density at radius 2 is 1.89 bits per heavy atom. The van der Waals surface area contributed by atoms with Crippen molar-refractivity contribution in [1.82, 2.24) is 0 Å². The van der Waals surface area contributed by atoms with Gasteiger partial charge in [0.15, 0.2) is 0 Å². The highest BCUT2D eigenvalue weighted by Crippen LogP contribution is 2.26. The standard InChI is InChI=1S/C14H12BrCl2N/c1-9-2-5-13(17)14(6-9)18-8-10-3-4-11(16)7-12(10)15/h2-7,18H,8H2,1H3. The molecule has 0 aliphatic heterocycles. The molecule has 0 aliphatic rings. The highest BCUT2D eigenvalue weighted by molar-refractivity contribution is 9.10. The Bertz CT molecular complexity index is 570. The average Bonchev–Trinajstić information content (AvgIpc) is 2.32. The van der Waals surface area contributed by atoms with Gasteiger partial charge in [0.05, 0.1) is 10.7 Å². The van der Waals surface area contributed by atoms with E-state index >= 15 is 0 Å². The number of aryl methyl sites for hydroxylation is 1. The number of rotatable bonds is 3. The van der Waals surface area contributed by atoms with Crippen molar-refractivity contribution in [3.05, 3.63) is 62.0 Å².